The molecule has 0 aliphatic rings. The maximum atomic E-state index is 14.2. The van der Waals surface area contributed by atoms with Gasteiger partial charge in [-0.05, 0) is 48.2 Å². The molecule has 7 nitrogen and oxygen atoms in total. The van der Waals surface area contributed by atoms with Crippen LogP contribution in [0.1, 0.15) is 54.3 Å². The molecule has 0 bridgehead atoms. The molecule has 0 aliphatic carbocycles. The molecule has 0 radical (unpaired) electrons. The van der Waals surface area contributed by atoms with Gasteiger partial charge in [-0.25, -0.2) is 22.2 Å². The number of sulfonamides is 1. The van der Waals surface area contributed by atoms with Gasteiger partial charge in [-0.2, -0.15) is 0 Å². The number of carbonyl (C=O) groups is 1. The van der Waals surface area contributed by atoms with E-state index in [0.717, 1.165) is 29.5 Å². The Morgan fingerprint density at radius 1 is 1.06 bits per heavy atom. The van der Waals surface area contributed by atoms with E-state index in [-0.39, 0.29) is 17.1 Å². The molecule has 3 rings (SSSR count). The average Bonchev–Trinajstić information content (AvgIpc) is 3.20. The molecule has 2 aromatic carbocycles. The number of hydrogen-bond acceptors (Lipinski definition) is 5. The van der Waals surface area contributed by atoms with Crippen LogP contribution < -0.4 is 10.0 Å². The Labute approximate surface area is 184 Å². The monoisotopic (exact) mass is 463 g/mol. The first-order valence-electron chi connectivity index (χ1n) is 9.78. The van der Waals surface area contributed by atoms with Crippen LogP contribution in [0.3, 0.4) is 0 Å². The lowest BCUT2D eigenvalue weighted by molar-refractivity contribution is 0.0934. The SMILES string of the molecule is CC(C)c1cccc(-c2nc(C(=O)N[C@H](C)c3cc(F)c(NS(C)(=O)=O)c(F)c3)co2)c1. The molecule has 1 heterocycles. The molecule has 2 N–H and O–H groups in total. The third-order valence-corrected chi connectivity index (χ3v) is 5.31. The number of anilines is 1. The van der Waals surface area contributed by atoms with E-state index < -0.39 is 39.3 Å². The van der Waals surface area contributed by atoms with Crippen LogP contribution in [0.15, 0.2) is 47.1 Å². The molecule has 0 spiro atoms. The number of nitrogens with zero attached hydrogens (tertiary/aromatic N) is 1. The summed E-state index contributed by atoms with van der Waals surface area (Å²) in [5.41, 5.74) is 1.16. The van der Waals surface area contributed by atoms with Gasteiger partial charge in [-0.15, -0.1) is 0 Å². The standard InChI is InChI=1S/C22H23F2N3O4S/c1-12(2)14-6-5-7-15(8-14)22-26-19(11-31-22)21(28)25-13(3)16-9-17(23)20(18(24)10-16)27-32(4,29)30/h5-13,27H,1-4H3,(H,25,28)/t13-/m1/s1. The van der Waals surface area contributed by atoms with Gasteiger partial charge in [0.25, 0.3) is 5.91 Å². The Morgan fingerprint density at radius 2 is 1.72 bits per heavy atom. The van der Waals surface area contributed by atoms with Crippen LogP contribution in [-0.4, -0.2) is 25.6 Å². The van der Waals surface area contributed by atoms with Crippen molar-refractivity contribution in [3.63, 3.8) is 0 Å². The zero-order chi connectivity index (χ0) is 23.6. The number of benzene rings is 2. The van der Waals surface area contributed by atoms with Crippen LogP contribution in [0.25, 0.3) is 11.5 Å². The average molecular weight is 464 g/mol. The quantitative estimate of drug-likeness (QED) is 0.533. The van der Waals surface area contributed by atoms with Gasteiger partial charge in [0.15, 0.2) is 17.3 Å². The van der Waals surface area contributed by atoms with Crippen molar-refractivity contribution >= 4 is 21.6 Å². The smallest absolute Gasteiger partial charge is 0.273 e. The third kappa shape index (κ3) is 5.50. The molecule has 1 amide bonds. The minimum absolute atomic E-state index is 0.0121. The van der Waals surface area contributed by atoms with Gasteiger partial charge in [0.2, 0.25) is 15.9 Å². The van der Waals surface area contributed by atoms with Gasteiger partial charge >= 0.3 is 0 Å². The highest BCUT2D eigenvalue weighted by atomic mass is 32.2. The highest BCUT2D eigenvalue weighted by molar-refractivity contribution is 7.92. The summed E-state index contributed by atoms with van der Waals surface area (Å²) in [6.07, 6.45) is 1.99. The number of hydrogen-bond donors (Lipinski definition) is 2. The van der Waals surface area contributed by atoms with Gasteiger partial charge in [0, 0.05) is 5.56 Å². The Balaban J connectivity index is 1.76. The van der Waals surface area contributed by atoms with E-state index in [0.29, 0.717) is 5.92 Å². The molecule has 10 heteroatoms. The minimum atomic E-state index is -3.86. The van der Waals surface area contributed by atoms with E-state index in [1.807, 2.05) is 24.3 Å². The second kappa shape index (κ2) is 9.07. The van der Waals surface area contributed by atoms with Crippen molar-refractivity contribution in [1.29, 1.82) is 0 Å². The Morgan fingerprint density at radius 3 is 2.31 bits per heavy atom. The number of aromatic nitrogens is 1. The molecule has 0 fully saturated rings. The summed E-state index contributed by atoms with van der Waals surface area (Å²) < 4.78 is 58.2. The summed E-state index contributed by atoms with van der Waals surface area (Å²) in [6, 6.07) is 8.73. The molecule has 0 aliphatic heterocycles. The normalized spacial score (nSPS) is 12.6. The summed E-state index contributed by atoms with van der Waals surface area (Å²) in [5.74, 6) is -2.20. The van der Waals surface area contributed by atoms with Crippen molar-refractivity contribution in [3.05, 3.63) is 71.1 Å². The molecule has 0 unspecified atom stereocenters. The topological polar surface area (TPSA) is 101 Å². The van der Waals surface area contributed by atoms with Crippen LogP contribution in [0.5, 0.6) is 0 Å². The zero-order valence-corrected chi connectivity index (χ0v) is 18.8. The molecule has 0 saturated carbocycles. The molecule has 32 heavy (non-hydrogen) atoms. The summed E-state index contributed by atoms with van der Waals surface area (Å²) in [5, 5.41) is 2.60. The summed E-state index contributed by atoms with van der Waals surface area (Å²) in [7, 11) is -3.86. The highest BCUT2D eigenvalue weighted by Gasteiger charge is 2.20. The highest BCUT2D eigenvalue weighted by Crippen LogP contribution is 2.26. The van der Waals surface area contributed by atoms with Gasteiger partial charge < -0.3 is 9.73 Å². The van der Waals surface area contributed by atoms with Crippen LogP contribution in [0.2, 0.25) is 0 Å². The predicted molar refractivity (Wildman–Crippen MR) is 117 cm³/mol. The lowest BCUT2D eigenvalue weighted by atomic mass is 10.0. The molecule has 3 aromatic rings. The predicted octanol–water partition coefficient (Wildman–Crippen LogP) is 4.61. The summed E-state index contributed by atoms with van der Waals surface area (Å²) >= 11 is 0. The van der Waals surface area contributed by atoms with Crippen LogP contribution in [0.4, 0.5) is 14.5 Å². The number of halogens is 2. The van der Waals surface area contributed by atoms with E-state index in [9.17, 15) is 22.0 Å². The third-order valence-electron chi connectivity index (χ3n) is 4.74. The van der Waals surface area contributed by atoms with E-state index in [4.69, 9.17) is 4.42 Å². The number of amides is 1. The van der Waals surface area contributed by atoms with Crippen molar-refractivity contribution in [2.24, 2.45) is 0 Å². The number of rotatable bonds is 7. The number of nitrogens with one attached hydrogen (secondary N) is 2. The lowest BCUT2D eigenvalue weighted by Crippen LogP contribution is -2.27. The van der Waals surface area contributed by atoms with Gasteiger partial charge in [-0.1, -0.05) is 26.0 Å². The minimum Gasteiger partial charge on any atom is -0.444 e. The second-order valence-electron chi connectivity index (χ2n) is 7.75. The van der Waals surface area contributed by atoms with E-state index >= 15 is 0 Å². The zero-order valence-electron chi connectivity index (χ0n) is 17.9. The van der Waals surface area contributed by atoms with E-state index in [1.165, 1.54) is 13.2 Å². The molecular formula is C22H23F2N3O4S. The fraction of sp³-hybridized carbons (Fsp3) is 0.273. The Hall–Kier alpha value is -3.27. The van der Waals surface area contributed by atoms with Crippen molar-refractivity contribution in [2.45, 2.75) is 32.7 Å². The van der Waals surface area contributed by atoms with Gasteiger partial charge in [-0.3, -0.25) is 9.52 Å². The first-order chi connectivity index (χ1) is 14.9. The van der Waals surface area contributed by atoms with E-state index in [2.05, 4.69) is 24.1 Å². The second-order valence-corrected chi connectivity index (χ2v) is 9.50. The van der Waals surface area contributed by atoms with Crippen LogP contribution in [-0.2, 0) is 10.0 Å². The maximum absolute atomic E-state index is 14.2. The largest absolute Gasteiger partial charge is 0.444 e. The van der Waals surface area contributed by atoms with Gasteiger partial charge in [0.05, 0.1) is 12.3 Å². The first kappa shape index (κ1) is 23.4. The fourth-order valence-electron chi connectivity index (χ4n) is 3.02. The number of oxazole rings is 1. The molecular weight excluding hydrogens is 440 g/mol. The van der Waals surface area contributed by atoms with Crippen molar-refractivity contribution in [2.75, 3.05) is 11.0 Å². The molecule has 0 saturated heterocycles. The lowest BCUT2D eigenvalue weighted by Gasteiger charge is -2.15. The van der Waals surface area contributed by atoms with Crippen LogP contribution in [0, 0.1) is 11.6 Å². The van der Waals surface area contributed by atoms with Gasteiger partial charge in [0.1, 0.15) is 12.0 Å². The summed E-state index contributed by atoms with van der Waals surface area (Å²) in [4.78, 5) is 16.8. The van der Waals surface area contributed by atoms with Crippen LogP contribution >= 0.6 is 0 Å². The van der Waals surface area contributed by atoms with E-state index in [1.54, 1.807) is 4.72 Å². The Bertz CT molecular complexity index is 1230. The van der Waals surface area contributed by atoms with Crippen molar-refractivity contribution < 1.29 is 26.4 Å². The number of carbonyl (C=O) groups excluding carboxylic acids is 1. The molecule has 1 aromatic heterocycles. The molecule has 1 atom stereocenters. The van der Waals surface area contributed by atoms with Crippen molar-refractivity contribution in [3.8, 4) is 11.5 Å². The molecule has 170 valence electrons. The summed E-state index contributed by atoms with van der Waals surface area (Å²) in [6.45, 7) is 5.65. The maximum Gasteiger partial charge on any atom is 0.273 e. The fourth-order valence-corrected chi connectivity index (χ4v) is 3.59. The van der Waals surface area contributed by atoms with Crippen molar-refractivity contribution in [1.82, 2.24) is 10.3 Å². The Kier molecular flexibility index (Phi) is 6.63. The first-order valence-corrected chi connectivity index (χ1v) is 11.7.